The second-order valence-electron chi connectivity index (χ2n) is 3.13. The number of hydrogen-bond acceptors (Lipinski definition) is 2. The van der Waals surface area contributed by atoms with Gasteiger partial charge in [0.25, 0.3) is 0 Å². The molecule has 0 bridgehead atoms. The van der Waals surface area contributed by atoms with Crippen molar-refractivity contribution in [2.75, 3.05) is 0 Å². The van der Waals surface area contributed by atoms with Crippen molar-refractivity contribution >= 4 is 67.0 Å². The number of nitrogens with zero attached hydrogens (tertiary/aromatic N) is 1. The first-order valence-corrected chi connectivity index (χ1v) is 6.84. The SMILES string of the molecule is Clc1ccc(N=Cc2cc(Br)c(Br)o2)cc1Cl. The van der Waals surface area contributed by atoms with Crippen molar-refractivity contribution in [3.8, 4) is 0 Å². The van der Waals surface area contributed by atoms with E-state index in [4.69, 9.17) is 27.6 Å². The molecule has 2 aromatic rings. The van der Waals surface area contributed by atoms with Crippen molar-refractivity contribution in [3.05, 3.63) is 49.2 Å². The van der Waals surface area contributed by atoms with Crippen molar-refractivity contribution < 1.29 is 4.42 Å². The lowest BCUT2D eigenvalue weighted by atomic mass is 10.3. The smallest absolute Gasteiger partial charge is 0.184 e. The van der Waals surface area contributed by atoms with Gasteiger partial charge in [-0.05, 0) is 50.1 Å². The van der Waals surface area contributed by atoms with Gasteiger partial charge in [-0.3, -0.25) is 4.99 Å². The van der Waals surface area contributed by atoms with Crippen LogP contribution in [0.5, 0.6) is 0 Å². The molecule has 0 amide bonds. The van der Waals surface area contributed by atoms with Gasteiger partial charge in [0.1, 0.15) is 5.76 Å². The van der Waals surface area contributed by atoms with E-state index >= 15 is 0 Å². The first-order chi connectivity index (χ1) is 8.06. The fraction of sp³-hybridized carbons (Fsp3) is 0. The van der Waals surface area contributed by atoms with E-state index in [1.165, 1.54) is 0 Å². The van der Waals surface area contributed by atoms with E-state index in [1.807, 2.05) is 6.07 Å². The molecule has 1 heterocycles. The molecule has 0 spiro atoms. The van der Waals surface area contributed by atoms with Crippen LogP contribution in [0.1, 0.15) is 5.76 Å². The summed E-state index contributed by atoms with van der Waals surface area (Å²) in [5, 5.41) is 0.984. The van der Waals surface area contributed by atoms with E-state index in [0.29, 0.717) is 26.2 Å². The topological polar surface area (TPSA) is 25.5 Å². The van der Waals surface area contributed by atoms with Crippen molar-refractivity contribution in [1.82, 2.24) is 0 Å². The largest absolute Gasteiger partial charge is 0.447 e. The summed E-state index contributed by atoms with van der Waals surface area (Å²) in [4.78, 5) is 4.23. The summed E-state index contributed by atoms with van der Waals surface area (Å²) in [5.41, 5.74) is 0.711. The molecule has 6 heteroatoms. The highest BCUT2D eigenvalue weighted by molar-refractivity contribution is 9.13. The Labute approximate surface area is 125 Å². The fourth-order valence-corrected chi connectivity index (χ4v) is 2.03. The standard InChI is InChI=1S/C11H5Br2Cl2NO/c12-8-4-7(17-11(8)13)5-16-6-1-2-9(14)10(15)3-6/h1-5H. The minimum absolute atomic E-state index is 0.475. The van der Waals surface area contributed by atoms with Gasteiger partial charge in [0.2, 0.25) is 0 Å². The molecule has 0 aliphatic rings. The van der Waals surface area contributed by atoms with Crippen molar-refractivity contribution in [3.63, 3.8) is 0 Å². The summed E-state index contributed by atoms with van der Waals surface area (Å²) in [7, 11) is 0. The van der Waals surface area contributed by atoms with Gasteiger partial charge >= 0.3 is 0 Å². The van der Waals surface area contributed by atoms with E-state index in [-0.39, 0.29) is 0 Å². The third kappa shape index (κ3) is 3.35. The highest BCUT2D eigenvalue weighted by Gasteiger charge is 2.03. The summed E-state index contributed by atoms with van der Waals surface area (Å²) in [6.45, 7) is 0. The summed E-state index contributed by atoms with van der Waals surface area (Å²) >= 11 is 18.3. The van der Waals surface area contributed by atoms with Crippen LogP contribution < -0.4 is 0 Å². The minimum atomic E-state index is 0.475. The summed E-state index contributed by atoms with van der Waals surface area (Å²) in [5.74, 6) is 0.634. The zero-order valence-electron chi connectivity index (χ0n) is 8.25. The third-order valence-corrected chi connectivity index (χ3v) is 4.36. The average Bonchev–Trinajstić information content (AvgIpc) is 2.60. The average molecular weight is 398 g/mol. The Kier molecular flexibility index (Phi) is 4.31. The number of halogens is 4. The molecule has 0 aliphatic carbocycles. The van der Waals surface area contributed by atoms with Crippen LogP contribution in [0.15, 0.2) is 42.8 Å². The van der Waals surface area contributed by atoms with Gasteiger partial charge < -0.3 is 4.42 Å². The molecular weight excluding hydrogens is 393 g/mol. The first kappa shape index (κ1) is 13.1. The molecule has 0 N–H and O–H groups in total. The molecule has 1 aromatic carbocycles. The number of furan rings is 1. The number of aliphatic imine (C=N–C) groups is 1. The van der Waals surface area contributed by atoms with Crippen LogP contribution in [0.2, 0.25) is 10.0 Å². The second-order valence-corrected chi connectivity index (χ2v) is 5.52. The molecule has 0 unspecified atom stereocenters. The quantitative estimate of drug-likeness (QED) is 0.582. The lowest BCUT2D eigenvalue weighted by Gasteiger charge is -1.96. The molecule has 17 heavy (non-hydrogen) atoms. The van der Waals surface area contributed by atoms with Crippen molar-refractivity contribution in [2.45, 2.75) is 0 Å². The number of rotatable bonds is 2. The third-order valence-electron chi connectivity index (χ3n) is 1.91. The highest BCUT2D eigenvalue weighted by Crippen LogP contribution is 2.28. The Bertz CT molecular complexity index is 561. The normalized spacial score (nSPS) is 11.3. The molecule has 0 saturated heterocycles. The predicted molar refractivity (Wildman–Crippen MR) is 77.8 cm³/mol. The monoisotopic (exact) mass is 395 g/mol. The molecule has 0 saturated carbocycles. The summed E-state index contributed by atoms with van der Waals surface area (Å²) in [6, 6.07) is 6.97. The van der Waals surface area contributed by atoms with Crippen LogP contribution in [0.3, 0.4) is 0 Å². The lowest BCUT2D eigenvalue weighted by Crippen LogP contribution is -1.74. The molecule has 0 atom stereocenters. The van der Waals surface area contributed by atoms with Crippen LogP contribution in [-0.4, -0.2) is 6.21 Å². The van der Waals surface area contributed by atoms with Gasteiger partial charge in [-0.25, -0.2) is 0 Å². The molecule has 1 aromatic heterocycles. The van der Waals surface area contributed by atoms with E-state index in [9.17, 15) is 0 Å². The molecular formula is C11H5Br2Cl2NO. The molecule has 0 radical (unpaired) electrons. The van der Waals surface area contributed by atoms with Gasteiger partial charge in [0.05, 0.1) is 26.4 Å². The van der Waals surface area contributed by atoms with E-state index in [1.54, 1.807) is 24.4 Å². The van der Waals surface area contributed by atoms with Crippen LogP contribution in [-0.2, 0) is 0 Å². The Morgan fingerprint density at radius 2 is 1.88 bits per heavy atom. The Balaban J connectivity index is 2.22. The van der Waals surface area contributed by atoms with Crippen LogP contribution in [0.4, 0.5) is 5.69 Å². The summed E-state index contributed by atoms with van der Waals surface area (Å²) in [6.07, 6.45) is 1.61. The maximum atomic E-state index is 5.88. The lowest BCUT2D eigenvalue weighted by molar-refractivity contribution is 0.533. The number of hydrogen-bond donors (Lipinski definition) is 0. The van der Waals surface area contributed by atoms with Crippen LogP contribution >= 0.6 is 55.1 Å². The Morgan fingerprint density at radius 1 is 1.12 bits per heavy atom. The van der Waals surface area contributed by atoms with Crippen LogP contribution in [0, 0.1) is 0 Å². The van der Waals surface area contributed by atoms with E-state index < -0.39 is 0 Å². The zero-order chi connectivity index (χ0) is 12.4. The fourth-order valence-electron chi connectivity index (χ4n) is 1.13. The molecule has 88 valence electrons. The number of benzene rings is 1. The predicted octanol–water partition coefficient (Wildman–Crippen LogP) is 5.86. The summed E-state index contributed by atoms with van der Waals surface area (Å²) < 4.78 is 6.82. The maximum absolute atomic E-state index is 5.88. The highest BCUT2D eigenvalue weighted by atomic mass is 79.9. The van der Waals surface area contributed by atoms with E-state index in [0.717, 1.165) is 4.47 Å². The molecule has 2 nitrogen and oxygen atoms in total. The van der Waals surface area contributed by atoms with Gasteiger partial charge in [-0.1, -0.05) is 23.2 Å². The van der Waals surface area contributed by atoms with Crippen molar-refractivity contribution in [1.29, 1.82) is 0 Å². The Morgan fingerprint density at radius 3 is 2.47 bits per heavy atom. The maximum Gasteiger partial charge on any atom is 0.184 e. The molecule has 0 aliphatic heterocycles. The second kappa shape index (κ2) is 5.57. The first-order valence-electron chi connectivity index (χ1n) is 4.50. The minimum Gasteiger partial charge on any atom is -0.447 e. The van der Waals surface area contributed by atoms with Gasteiger partial charge in [0, 0.05) is 6.07 Å². The van der Waals surface area contributed by atoms with Crippen molar-refractivity contribution in [2.24, 2.45) is 4.99 Å². The zero-order valence-corrected chi connectivity index (χ0v) is 12.9. The Hall–Kier alpha value is -0.290. The molecule has 0 fully saturated rings. The van der Waals surface area contributed by atoms with Crippen LogP contribution in [0.25, 0.3) is 0 Å². The van der Waals surface area contributed by atoms with E-state index in [2.05, 4.69) is 36.9 Å². The molecule has 2 rings (SSSR count). The van der Waals surface area contributed by atoms with Gasteiger partial charge in [-0.2, -0.15) is 0 Å². The van der Waals surface area contributed by atoms with Gasteiger partial charge in [-0.15, -0.1) is 0 Å². The van der Waals surface area contributed by atoms with Gasteiger partial charge in [0.15, 0.2) is 4.67 Å².